The molecule has 0 saturated carbocycles. The molecular formula is C31H28O9. The van der Waals surface area contributed by atoms with E-state index in [-0.39, 0.29) is 78.4 Å². The summed E-state index contributed by atoms with van der Waals surface area (Å²) in [5.41, 5.74) is 0.504. The zero-order chi connectivity index (χ0) is 28.9. The predicted molar refractivity (Wildman–Crippen MR) is 147 cm³/mol. The van der Waals surface area contributed by atoms with Crippen LogP contribution in [0.3, 0.4) is 0 Å². The van der Waals surface area contributed by atoms with Crippen LogP contribution >= 0.6 is 0 Å². The molecule has 206 valence electrons. The van der Waals surface area contributed by atoms with Gasteiger partial charge >= 0.3 is 0 Å². The Kier molecular flexibility index (Phi) is 5.39. The van der Waals surface area contributed by atoms with Crippen molar-refractivity contribution >= 4 is 33.1 Å². The van der Waals surface area contributed by atoms with Crippen molar-refractivity contribution in [3.05, 3.63) is 41.0 Å². The first kappa shape index (κ1) is 25.6. The van der Waals surface area contributed by atoms with Crippen LogP contribution in [0.15, 0.2) is 24.3 Å². The van der Waals surface area contributed by atoms with Crippen LogP contribution in [0.1, 0.15) is 54.0 Å². The van der Waals surface area contributed by atoms with Crippen LogP contribution in [-0.2, 0) is 0 Å². The molecule has 5 N–H and O–H groups in total. The third-order valence-electron chi connectivity index (χ3n) is 8.46. The molecule has 0 fully saturated rings. The Labute approximate surface area is 228 Å². The summed E-state index contributed by atoms with van der Waals surface area (Å²) in [6.07, 6.45) is -0.966. The minimum atomic E-state index is -0.540. The van der Waals surface area contributed by atoms with Gasteiger partial charge in [-0.1, -0.05) is 13.8 Å². The van der Waals surface area contributed by atoms with E-state index >= 15 is 0 Å². The van der Waals surface area contributed by atoms with Crippen LogP contribution < -0.4 is 9.47 Å². The second kappa shape index (κ2) is 8.42. The number of hydrogen-bond donors (Lipinski definition) is 5. The first-order valence-corrected chi connectivity index (χ1v) is 13.0. The number of ether oxygens (including phenoxy) is 2. The van der Waals surface area contributed by atoms with Gasteiger partial charge in [0, 0.05) is 33.4 Å². The van der Waals surface area contributed by atoms with Crippen molar-refractivity contribution in [1.82, 2.24) is 0 Å². The lowest BCUT2D eigenvalue weighted by molar-refractivity contribution is 0.0716. The Bertz CT molecular complexity index is 1690. The zero-order valence-electron chi connectivity index (χ0n) is 22.5. The highest BCUT2D eigenvalue weighted by Crippen LogP contribution is 2.55. The fourth-order valence-corrected chi connectivity index (χ4v) is 5.92. The van der Waals surface area contributed by atoms with E-state index in [1.807, 2.05) is 0 Å². The molecule has 0 bridgehead atoms. The van der Waals surface area contributed by atoms with Crippen LogP contribution in [0.4, 0.5) is 0 Å². The monoisotopic (exact) mass is 544 g/mol. The van der Waals surface area contributed by atoms with Crippen LogP contribution in [0.5, 0.6) is 40.2 Å². The van der Waals surface area contributed by atoms with E-state index in [2.05, 4.69) is 0 Å². The highest BCUT2D eigenvalue weighted by Gasteiger charge is 2.38. The molecule has 0 spiro atoms. The number of phenols is 5. The number of ketones is 2. The number of aryl methyl sites for hydroxylation is 1. The minimum Gasteiger partial charge on any atom is -0.507 e. The molecule has 0 saturated heterocycles. The summed E-state index contributed by atoms with van der Waals surface area (Å²) in [4.78, 5) is 26.2. The molecule has 9 heteroatoms. The van der Waals surface area contributed by atoms with Gasteiger partial charge in [-0.25, -0.2) is 0 Å². The van der Waals surface area contributed by atoms with Gasteiger partial charge in [-0.2, -0.15) is 0 Å². The summed E-state index contributed by atoms with van der Waals surface area (Å²) in [6.45, 7) is 8.53. The van der Waals surface area contributed by atoms with Gasteiger partial charge in [-0.15, -0.1) is 0 Å². The predicted octanol–water partition coefficient (Wildman–Crippen LogP) is 5.70. The minimum absolute atomic E-state index is 0.0126. The largest absolute Gasteiger partial charge is 0.507 e. The Balaban J connectivity index is 1.76. The summed E-state index contributed by atoms with van der Waals surface area (Å²) in [7, 11) is 0. The number of benzene rings is 4. The molecule has 4 unspecified atom stereocenters. The van der Waals surface area contributed by atoms with Crippen LogP contribution in [0, 0.1) is 18.8 Å². The maximum Gasteiger partial charge on any atom is 0.176 e. The first-order valence-electron chi connectivity index (χ1n) is 13.0. The van der Waals surface area contributed by atoms with Crippen molar-refractivity contribution in [2.45, 2.75) is 46.8 Å². The van der Waals surface area contributed by atoms with E-state index in [9.17, 15) is 35.1 Å². The molecule has 4 atom stereocenters. The normalized spacial score (nSPS) is 22.1. The third kappa shape index (κ3) is 3.27. The zero-order valence-corrected chi connectivity index (χ0v) is 22.5. The second-order valence-corrected chi connectivity index (χ2v) is 10.9. The number of carbonyl (C=O) groups excluding carboxylic acids is 2. The van der Waals surface area contributed by atoms with Gasteiger partial charge in [0.25, 0.3) is 0 Å². The molecule has 9 nitrogen and oxygen atoms in total. The Morgan fingerprint density at radius 2 is 1.00 bits per heavy atom. The van der Waals surface area contributed by atoms with Gasteiger partial charge in [-0.05, 0) is 44.5 Å². The summed E-state index contributed by atoms with van der Waals surface area (Å²) in [6, 6.07) is 5.38. The molecular weight excluding hydrogens is 516 g/mol. The molecule has 4 aromatic rings. The maximum atomic E-state index is 13.1. The molecule has 0 aromatic heterocycles. The number of fused-ring (bicyclic) bond motifs is 4. The fraction of sp³-hybridized carbons (Fsp3) is 0.290. The first-order chi connectivity index (χ1) is 18.8. The molecule has 2 heterocycles. The summed E-state index contributed by atoms with van der Waals surface area (Å²) >= 11 is 0. The Morgan fingerprint density at radius 1 is 0.575 bits per heavy atom. The van der Waals surface area contributed by atoms with Gasteiger partial charge in [0.1, 0.15) is 63.6 Å². The van der Waals surface area contributed by atoms with E-state index in [4.69, 9.17) is 9.47 Å². The average molecular weight is 545 g/mol. The smallest absolute Gasteiger partial charge is 0.176 e. The van der Waals surface area contributed by atoms with Crippen LogP contribution in [0.25, 0.3) is 32.7 Å². The molecule has 4 aromatic carbocycles. The van der Waals surface area contributed by atoms with E-state index in [1.165, 1.54) is 18.2 Å². The van der Waals surface area contributed by atoms with Crippen LogP contribution in [-0.4, -0.2) is 49.3 Å². The Morgan fingerprint density at radius 3 is 1.50 bits per heavy atom. The fourth-order valence-electron chi connectivity index (χ4n) is 5.92. The topological polar surface area (TPSA) is 154 Å². The van der Waals surface area contributed by atoms with Crippen molar-refractivity contribution in [3.8, 4) is 51.4 Å². The quantitative estimate of drug-likeness (QED) is 0.203. The van der Waals surface area contributed by atoms with Gasteiger partial charge in [-0.3, -0.25) is 9.59 Å². The van der Waals surface area contributed by atoms with E-state index < -0.39 is 41.3 Å². The second-order valence-electron chi connectivity index (χ2n) is 10.9. The number of hydrogen-bond acceptors (Lipinski definition) is 9. The molecule has 0 radical (unpaired) electrons. The van der Waals surface area contributed by atoms with Gasteiger partial charge in [0.2, 0.25) is 0 Å². The van der Waals surface area contributed by atoms with Gasteiger partial charge in [0.15, 0.2) is 11.6 Å². The number of aromatic hydroxyl groups is 5. The molecule has 2 aliphatic rings. The number of carbonyl (C=O) groups is 2. The number of phenolic OH excluding ortho intramolecular Hbond substituents is 5. The third-order valence-corrected chi connectivity index (χ3v) is 8.46. The molecule has 0 aliphatic carbocycles. The number of rotatable bonds is 1. The SMILES string of the molecule is Cc1cc(O)c(-c2c(O)cc(O)c3c(O)c4c(cc23)OC(C)C(C)C4=O)c2cc3c(c(O)c12)C(=O)C(C)C(C)O3. The summed E-state index contributed by atoms with van der Waals surface area (Å²) in [5.74, 6) is -3.47. The van der Waals surface area contributed by atoms with Gasteiger partial charge in [0.05, 0.1) is 17.2 Å². The standard InChI is InChI=1S/C31H28O9/c1-10-6-17(32)23(15-7-20-26(30(37)22(10)15)28(35)11(2)13(4)39-20)24-16-8-21-27(29(36)12(3)14(5)40-21)31(38)25(16)19(34)9-18(24)33/h6-9,11-14,32-34,37-38H,1-5H3. The lowest BCUT2D eigenvalue weighted by Crippen LogP contribution is -2.33. The molecule has 2 aliphatic heterocycles. The highest BCUT2D eigenvalue weighted by atomic mass is 16.5. The lowest BCUT2D eigenvalue weighted by Gasteiger charge is -2.30. The van der Waals surface area contributed by atoms with Crippen LogP contribution in [0.2, 0.25) is 0 Å². The lowest BCUT2D eigenvalue weighted by atomic mass is 9.84. The van der Waals surface area contributed by atoms with E-state index in [0.717, 1.165) is 6.07 Å². The molecule has 40 heavy (non-hydrogen) atoms. The van der Waals surface area contributed by atoms with E-state index in [0.29, 0.717) is 5.56 Å². The van der Waals surface area contributed by atoms with Crippen molar-refractivity contribution in [1.29, 1.82) is 0 Å². The maximum absolute atomic E-state index is 13.1. The van der Waals surface area contributed by atoms with Crippen molar-refractivity contribution < 1.29 is 44.6 Å². The van der Waals surface area contributed by atoms with Gasteiger partial charge < -0.3 is 35.0 Å². The average Bonchev–Trinajstić information content (AvgIpc) is 2.86. The molecule has 0 amide bonds. The molecule has 6 rings (SSSR count). The summed E-state index contributed by atoms with van der Waals surface area (Å²) in [5, 5.41) is 56.3. The Hall–Kier alpha value is -4.66. The van der Waals surface area contributed by atoms with Crippen molar-refractivity contribution in [2.24, 2.45) is 11.8 Å². The summed E-state index contributed by atoms with van der Waals surface area (Å²) < 4.78 is 11.9. The highest BCUT2D eigenvalue weighted by molar-refractivity contribution is 6.19. The number of Topliss-reactive ketones (excluding diaryl/α,β-unsaturated/α-hetero) is 2. The van der Waals surface area contributed by atoms with Crippen molar-refractivity contribution in [2.75, 3.05) is 0 Å². The van der Waals surface area contributed by atoms with E-state index in [1.54, 1.807) is 34.6 Å². The van der Waals surface area contributed by atoms with Crippen molar-refractivity contribution in [3.63, 3.8) is 0 Å².